The van der Waals surface area contributed by atoms with Gasteiger partial charge in [0.15, 0.2) is 6.04 Å². The van der Waals surface area contributed by atoms with Crippen molar-refractivity contribution in [1.29, 1.82) is 0 Å². The number of benzene rings is 2. The Kier molecular flexibility index (Phi) is 2.20. The average Bonchev–Trinajstić information content (AvgIpc) is 3.06. The minimum atomic E-state index is 0.493. The molecule has 3 atom stereocenters. The molecule has 1 unspecified atom stereocenters. The third kappa shape index (κ3) is 1.46. The van der Waals surface area contributed by atoms with Crippen LogP contribution in [0.25, 0.3) is 10.9 Å². The van der Waals surface area contributed by atoms with Gasteiger partial charge in [0, 0.05) is 28.5 Å². The van der Waals surface area contributed by atoms with E-state index in [9.17, 15) is 0 Å². The molecule has 2 aliphatic rings. The van der Waals surface area contributed by atoms with Gasteiger partial charge < -0.3 is 9.88 Å². The van der Waals surface area contributed by atoms with E-state index in [4.69, 9.17) is 0 Å². The molecule has 3 heterocycles. The molecule has 1 aromatic heterocycles. The van der Waals surface area contributed by atoms with Crippen LogP contribution < -0.4 is 4.90 Å². The third-order valence-corrected chi connectivity index (χ3v) is 5.41. The lowest BCUT2D eigenvalue weighted by atomic mass is 9.91. The van der Waals surface area contributed by atoms with E-state index in [1.165, 1.54) is 34.1 Å². The fraction of sp³-hybridized carbons (Fsp3) is 0.263. The lowest BCUT2D eigenvalue weighted by Crippen LogP contribution is -3.14. The van der Waals surface area contributed by atoms with Gasteiger partial charge in [-0.15, -0.1) is 0 Å². The molecule has 2 nitrogen and oxygen atoms in total. The molecule has 0 amide bonds. The summed E-state index contributed by atoms with van der Waals surface area (Å²) in [5, 5.41) is 1.42. The van der Waals surface area contributed by atoms with Crippen LogP contribution in [0.5, 0.6) is 0 Å². The van der Waals surface area contributed by atoms with Gasteiger partial charge in [-0.3, -0.25) is 0 Å². The fourth-order valence-electron chi connectivity index (χ4n) is 4.42. The van der Waals surface area contributed by atoms with Crippen molar-refractivity contribution in [3.63, 3.8) is 0 Å². The van der Waals surface area contributed by atoms with Crippen LogP contribution in [-0.4, -0.2) is 11.0 Å². The summed E-state index contributed by atoms with van der Waals surface area (Å²) in [5.41, 5.74) is 7.33. The number of nitrogens with one attached hydrogen (secondary N) is 2. The molecule has 0 saturated heterocycles. The zero-order valence-electron chi connectivity index (χ0n) is 12.2. The van der Waals surface area contributed by atoms with Crippen molar-refractivity contribution in [1.82, 2.24) is 4.98 Å². The summed E-state index contributed by atoms with van der Waals surface area (Å²) in [5.74, 6) is 0. The Labute approximate surface area is 124 Å². The number of H-pyrrole nitrogens is 1. The molecule has 0 saturated carbocycles. The Balaban J connectivity index is 1.80. The highest BCUT2D eigenvalue weighted by Crippen LogP contribution is 2.36. The van der Waals surface area contributed by atoms with Gasteiger partial charge in [0.2, 0.25) is 0 Å². The normalized spacial score (nSPS) is 26.4. The predicted molar refractivity (Wildman–Crippen MR) is 84.4 cm³/mol. The van der Waals surface area contributed by atoms with Crippen molar-refractivity contribution in [3.8, 4) is 0 Å². The van der Waals surface area contributed by atoms with Crippen molar-refractivity contribution >= 4 is 10.9 Å². The van der Waals surface area contributed by atoms with Crippen LogP contribution in [0.2, 0.25) is 0 Å². The monoisotopic (exact) mass is 275 g/mol. The van der Waals surface area contributed by atoms with Crippen molar-refractivity contribution < 1.29 is 4.90 Å². The SMILES string of the molecule is C[C@@H]1Cc2c([nH]c3ccccc23)[C@@H]2c3ccccc3C[NH+]21. The summed E-state index contributed by atoms with van der Waals surface area (Å²) in [7, 11) is 0. The highest BCUT2D eigenvalue weighted by molar-refractivity contribution is 5.85. The second-order valence-corrected chi connectivity index (χ2v) is 6.55. The molecule has 104 valence electrons. The van der Waals surface area contributed by atoms with E-state index >= 15 is 0 Å². The van der Waals surface area contributed by atoms with E-state index in [1.54, 1.807) is 10.5 Å². The van der Waals surface area contributed by atoms with Gasteiger partial charge in [-0.25, -0.2) is 0 Å². The third-order valence-electron chi connectivity index (χ3n) is 5.41. The van der Waals surface area contributed by atoms with Crippen LogP contribution in [0.15, 0.2) is 48.5 Å². The Morgan fingerprint density at radius 1 is 1.05 bits per heavy atom. The summed E-state index contributed by atoms with van der Waals surface area (Å²) < 4.78 is 0. The summed E-state index contributed by atoms with van der Waals surface area (Å²) in [4.78, 5) is 5.43. The molecular formula is C19H19N2+. The van der Waals surface area contributed by atoms with E-state index < -0.39 is 0 Å². The van der Waals surface area contributed by atoms with Gasteiger partial charge in [0.1, 0.15) is 6.54 Å². The van der Waals surface area contributed by atoms with Gasteiger partial charge in [0.25, 0.3) is 0 Å². The first kappa shape index (κ1) is 11.6. The van der Waals surface area contributed by atoms with Gasteiger partial charge >= 0.3 is 0 Å². The number of fused-ring (bicyclic) bond motifs is 7. The average molecular weight is 275 g/mol. The number of hydrogen-bond acceptors (Lipinski definition) is 0. The molecule has 2 heteroatoms. The Hall–Kier alpha value is -2.06. The van der Waals surface area contributed by atoms with Gasteiger partial charge in [-0.2, -0.15) is 0 Å². The summed E-state index contributed by atoms with van der Waals surface area (Å²) in [6, 6.07) is 18.9. The molecule has 21 heavy (non-hydrogen) atoms. The van der Waals surface area contributed by atoms with Gasteiger partial charge in [0.05, 0.1) is 11.7 Å². The van der Waals surface area contributed by atoms with Crippen molar-refractivity contribution in [2.75, 3.05) is 0 Å². The van der Waals surface area contributed by atoms with Crippen LogP contribution in [0.3, 0.4) is 0 Å². The molecule has 2 aromatic carbocycles. The lowest BCUT2D eigenvalue weighted by Gasteiger charge is -2.32. The van der Waals surface area contributed by atoms with Crippen molar-refractivity contribution in [2.45, 2.75) is 32.0 Å². The smallest absolute Gasteiger partial charge is 0.155 e. The molecule has 0 radical (unpaired) electrons. The van der Waals surface area contributed by atoms with E-state index in [0.29, 0.717) is 12.1 Å². The first-order valence-corrected chi connectivity index (χ1v) is 7.86. The summed E-state index contributed by atoms with van der Waals surface area (Å²) in [6.07, 6.45) is 1.18. The Morgan fingerprint density at radius 3 is 2.81 bits per heavy atom. The molecule has 0 bridgehead atoms. The largest absolute Gasteiger partial charge is 0.353 e. The molecular weight excluding hydrogens is 256 g/mol. The Morgan fingerprint density at radius 2 is 1.86 bits per heavy atom. The molecule has 0 spiro atoms. The quantitative estimate of drug-likeness (QED) is 0.629. The van der Waals surface area contributed by atoms with E-state index in [-0.39, 0.29) is 0 Å². The predicted octanol–water partition coefficient (Wildman–Crippen LogP) is 2.60. The molecule has 0 aliphatic carbocycles. The minimum Gasteiger partial charge on any atom is -0.353 e. The second-order valence-electron chi connectivity index (χ2n) is 6.55. The van der Waals surface area contributed by atoms with Crippen LogP contribution in [0.1, 0.15) is 35.3 Å². The van der Waals surface area contributed by atoms with Crippen LogP contribution in [-0.2, 0) is 13.0 Å². The number of para-hydroxylation sites is 1. The van der Waals surface area contributed by atoms with E-state index in [1.807, 2.05) is 0 Å². The standard InChI is InChI=1S/C19H18N2/c1-12-10-16-15-8-4-5-9-17(15)20-18(16)19-14-7-3-2-6-13(14)11-21(12)19/h2-9,12,19-20H,10-11H2,1H3/p+1/t12-,19+/m1/s1. The minimum absolute atomic E-state index is 0.493. The Bertz CT molecular complexity index is 846. The van der Waals surface area contributed by atoms with Crippen LogP contribution in [0, 0.1) is 0 Å². The van der Waals surface area contributed by atoms with Gasteiger partial charge in [-0.05, 0) is 18.6 Å². The molecule has 5 rings (SSSR count). The number of aromatic nitrogens is 1. The number of rotatable bonds is 0. The number of aromatic amines is 1. The second kappa shape index (κ2) is 3.99. The first-order chi connectivity index (χ1) is 10.3. The molecule has 2 aliphatic heterocycles. The molecule has 0 fully saturated rings. The van der Waals surface area contributed by atoms with E-state index in [0.717, 1.165) is 6.54 Å². The fourth-order valence-corrected chi connectivity index (χ4v) is 4.42. The first-order valence-electron chi connectivity index (χ1n) is 7.86. The topological polar surface area (TPSA) is 20.2 Å². The van der Waals surface area contributed by atoms with Crippen LogP contribution >= 0.6 is 0 Å². The van der Waals surface area contributed by atoms with Gasteiger partial charge in [-0.1, -0.05) is 42.5 Å². The maximum Gasteiger partial charge on any atom is 0.155 e. The highest BCUT2D eigenvalue weighted by Gasteiger charge is 2.44. The summed E-state index contributed by atoms with van der Waals surface area (Å²) >= 11 is 0. The number of quaternary nitrogens is 1. The maximum atomic E-state index is 3.73. The van der Waals surface area contributed by atoms with E-state index in [2.05, 4.69) is 60.4 Å². The van der Waals surface area contributed by atoms with Crippen LogP contribution in [0.4, 0.5) is 0 Å². The molecule has 2 N–H and O–H groups in total. The zero-order chi connectivity index (χ0) is 14.0. The summed E-state index contributed by atoms with van der Waals surface area (Å²) in [6.45, 7) is 3.57. The highest BCUT2D eigenvalue weighted by atomic mass is 15.2. The molecule has 3 aromatic rings. The van der Waals surface area contributed by atoms with Crippen molar-refractivity contribution in [3.05, 3.63) is 70.9 Å². The maximum absolute atomic E-state index is 3.73. The number of hydrogen-bond donors (Lipinski definition) is 2. The zero-order valence-corrected chi connectivity index (χ0v) is 12.2. The van der Waals surface area contributed by atoms with Crippen molar-refractivity contribution in [2.24, 2.45) is 0 Å². The lowest BCUT2D eigenvalue weighted by molar-refractivity contribution is -0.957.